The van der Waals surface area contributed by atoms with Crippen molar-refractivity contribution in [1.82, 2.24) is 0 Å². The van der Waals surface area contributed by atoms with Crippen molar-refractivity contribution in [3.05, 3.63) is 48.0 Å². The van der Waals surface area contributed by atoms with Crippen molar-refractivity contribution >= 4 is 10.8 Å². The highest BCUT2D eigenvalue weighted by atomic mass is 14.2. The first-order valence-electron chi connectivity index (χ1n) is 5.68. The fourth-order valence-corrected chi connectivity index (χ4v) is 2.01. The third-order valence-corrected chi connectivity index (χ3v) is 3.31. The zero-order valence-corrected chi connectivity index (χ0v) is 9.70. The van der Waals surface area contributed by atoms with Crippen LogP contribution >= 0.6 is 0 Å². The molecule has 2 aromatic carbocycles. The van der Waals surface area contributed by atoms with Gasteiger partial charge >= 0.3 is 0 Å². The quantitative estimate of drug-likeness (QED) is 0.661. The normalized spacial score (nSPS) is 13.3. The summed E-state index contributed by atoms with van der Waals surface area (Å²) in [6.45, 7) is 6.88. The summed E-state index contributed by atoms with van der Waals surface area (Å²) in [7, 11) is 0. The fraction of sp³-hybridized carbons (Fsp3) is 0.333. The molecule has 0 aliphatic rings. The standard InChI is InChI=1S/C15H18/c1-11(2)12(3)14-10-6-8-13-7-4-5-9-15(13)14/h4-12H,1-3H3/t12-/m0/s1. The summed E-state index contributed by atoms with van der Waals surface area (Å²) in [6, 6.07) is 15.2. The van der Waals surface area contributed by atoms with Crippen LogP contribution in [0, 0.1) is 5.92 Å². The number of hydrogen-bond donors (Lipinski definition) is 0. The molecule has 0 amide bonds. The van der Waals surface area contributed by atoms with E-state index in [1.807, 2.05) is 0 Å². The molecule has 2 aromatic rings. The molecule has 0 aromatic heterocycles. The summed E-state index contributed by atoms with van der Waals surface area (Å²) < 4.78 is 0. The molecule has 1 atom stereocenters. The SMILES string of the molecule is CC(C)[C@H](C)c1cccc2ccccc12. The maximum Gasteiger partial charge on any atom is -0.0149 e. The van der Waals surface area contributed by atoms with Gasteiger partial charge in [0.25, 0.3) is 0 Å². The zero-order valence-electron chi connectivity index (χ0n) is 9.70. The average Bonchev–Trinajstić information content (AvgIpc) is 2.27. The second kappa shape index (κ2) is 4.06. The number of rotatable bonds is 2. The van der Waals surface area contributed by atoms with Crippen molar-refractivity contribution in [1.29, 1.82) is 0 Å². The van der Waals surface area contributed by atoms with E-state index < -0.39 is 0 Å². The van der Waals surface area contributed by atoms with Crippen LogP contribution in [0.1, 0.15) is 32.3 Å². The Labute approximate surface area is 91.9 Å². The predicted molar refractivity (Wildman–Crippen MR) is 67.2 cm³/mol. The Kier molecular flexibility index (Phi) is 2.77. The molecule has 0 fully saturated rings. The molecule has 0 radical (unpaired) electrons. The van der Waals surface area contributed by atoms with Crippen LogP contribution in [0.15, 0.2) is 42.5 Å². The van der Waals surface area contributed by atoms with Gasteiger partial charge in [-0.1, -0.05) is 63.2 Å². The molecule has 0 heterocycles. The van der Waals surface area contributed by atoms with Crippen molar-refractivity contribution in [2.24, 2.45) is 5.92 Å². The average molecular weight is 198 g/mol. The third kappa shape index (κ3) is 1.90. The minimum Gasteiger partial charge on any atom is -0.0622 e. The minimum atomic E-state index is 0.621. The van der Waals surface area contributed by atoms with E-state index in [1.54, 1.807) is 0 Å². The van der Waals surface area contributed by atoms with Crippen LogP contribution in [0.25, 0.3) is 10.8 Å². The summed E-state index contributed by atoms with van der Waals surface area (Å²) in [4.78, 5) is 0. The van der Waals surface area contributed by atoms with Gasteiger partial charge in [0.2, 0.25) is 0 Å². The lowest BCUT2D eigenvalue weighted by Crippen LogP contribution is -2.02. The van der Waals surface area contributed by atoms with E-state index in [0.717, 1.165) is 0 Å². The molecule has 0 saturated heterocycles. The van der Waals surface area contributed by atoms with Gasteiger partial charge < -0.3 is 0 Å². The lowest BCUT2D eigenvalue weighted by molar-refractivity contribution is 0.538. The van der Waals surface area contributed by atoms with E-state index >= 15 is 0 Å². The molecular weight excluding hydrogens is 180 g/mol. The summed E-state index contributed by atoms with van der Waals surface area (Å²) in [5.74, 6) is 1.31. The number of hydrogen-bond acceptors (Lipinski definition) is 0. The van der Waals surface area contributed by atoms with Crippen molar-refractivity contribution in [2.75, 3.05) is 0 Å². The topological polar surface area (TPSA) is 0 Å². The number of benzene rings is 2. The van der Waals surface area contributed by atoms with Crippen molar-refractivity contribution < 1.29 is 0 Å². The Morgan fingerprint density at radius 3 is 2.20 bits per heavy atom. The van der Waals surface area contributed by atoms with Gasteiger partial charge in [0, 0.05) is 0 Å². The molecule has 0 saturated carbocycles. The van der Waals surface area contributed by atoms with Gasteiger partial charge in [-0.25, -0.2) is 0 Å². The van der Waals surface area contributed by atoms with Gasteiger partial charge in [-0.05, 0) is 28.2 Å². The van der Waals surface area contributed by atoms with Gasteiger partial charge in [0.05, 0.1) is 0 Å². The molecule has 0 aliphatic carbocycles. The van der Waals surface area contributed by atoms with Gasteiger partial charge in [0.15, 0.2) is 0 Å². The molecular formula is C15H18. The Bertz CT molecular complexity index is 449. The van der Waals surface area contributed by atoms with E-state index in [9.17, 15) is 0 Å². The van der Waals surface area contributed by atoms with E-state index in [2.05, 4.69) is 63.2 Å². The Morgan fingerprint density at radius 1 is 0.800 bits per heavy atom. The third-order valence-electron chi connectivity index (χ3n) is 3.31. The second-order valence-electron chi connectivity index (χ2n) is 4.60. The first-order chi connectivity index (χ1) is 7.20. The highest BCUT2D eigenvalue weighted by molar-refractivity contribution is 5.86. The Morgan fingerprint density at radius 2 is 1.47 bits per heavy atom. The zero-order chi connectivity index (χ0) is 10.8. The van der Waals surface area contributed by atoms with Crippen LogP contribution in [-0.4, -0.2) is 0 Å². The molecule has 0 heteroatoms. The summed E-state index contributed by atoms with van der Waals surface area (Å²) in [5, 5.41) is 2.75. The first kappa shape index (κ1) is 10.2. The molecule has 0 aliphatic heterocycles. The molecule has 0 spiro atoms. The summed E-state index contributed by atoms with van der Waals surface area (Å²) >= 11 is 0. The molecule has 78 valence electrons. The second-order valence-corrected chi connectivity index (χ2v) is 4.60. The highest BCUT2D eigenvalue weighted by Gasteiger charge is 2.12. The van der Waals surface area contributed by atoms with Crippen molar-refractivity contribution in [3.63, 3.8) is 0 Å². The molecule has 0 bridgehead atoms. The highest BCUT2D eigenvalue weighted by Crippen LogP contribution is 2.29. The fourth-order valence-electron chi connectivity index (χ4n) is 2.01. The van der Waals surface area contributed by atoms with Crippen molar-refractivity contribution in [3.8, 4) is 0 Å². The van der Waals surface area contributed by atoms with E-state index in [0.29, 0.717) is 11.8 Å². The van der Waals surface area contributed by atoms with Gasteiger partial charge in [-0.2, -0.15) is 0 Å². The lowest BCUT2D eigenvalue weighted by Gasteiger charge is -2.18. The van der Waals surface area contributed by atoms with Crippen LogP contribution in [-0.2, 0) is 0 Å². The van der Waals surface area contributed by atoms with Crippen LogP contribution in [0.4, 0.5) is 0 Å². The number of fused-ring (bicyclic) bond motifs is 1. The van der Waals surface area contributed by atoms with Crippen LogP contribution in [0.5, 0.6) is 0 Å². The van der Waals surface area contributed by atoms with Crippen LogP contribution in [0.2, 0.25) is 0 Å². The smallest absolute Gasteiger partial charge is 0.0149 e. The molecule has 2 rings (SSSR count). The molecule has 0 unspecified atom stereocenters. The minimum absolute atomic E-state index is 0.621. The van der Waals surface area contributed by atoms with Gasteiger partial charge in [-0.15, -0.1) is 0 Å². The maximum atomic E-state index is 2.31. The van der Waals surface area contributed by atoms with Gasteiger partial charge in [0.1, 0.15) is 0 Å². The maximum absolute atomic E-state index is 2.31. The Hall–Kier alpha value is -1.30. The largest absolute Gasteiger partial charge is 0.0622 e. The van der Waals surface area contributed by atoms with Gasteiger partial charge in [-0.3, -0.25) is 0 Å². The van der Waals surface area contributed by atoms with Crippen molar-refractivity contribution in [2.45, 2.75) is 26.7 Å². The van der Waals surface area contributed by atoms with E-state index in [-0.39, 0.29) is 0 Å². The molecule has 0 nitrogen and oxygen atoms in total. The van der Waals surface area contributed by atoms with E-state index in [1.165, 1.54) is 16.3 Å². The molecule has 15 heavy (non-hydrogen) atoms. The molecule has 0 N–H and O–H groups in total. The first-order valence-corrected chi connectivity index (χ1v) is 5.68. The van der Waals surface area contributed by atoms with Crippen LogP contribution < -0.4 is 0 Å². The Balaban J connectivity index is 2.60. The summed E-state index contributed by atoms with van der Waals surface area (Å²) in [6.07, 6.45) is 0. The van der Waals surface area contributed by atoms with Crippen LogP contribution in [0.3, 0.4) is 0 Å². The summed E-state index contributed by atoms with van der Waals surface area (Å²) in [5.41, 5.74) is 1.48. The van der Waals surface area contributed by atoms with E-state index in [4.69, 9.17) is 0 Å². The monoisotopic (exact) mass is 198 g/mol. The predicted octanol–water partition coefficient (Wildman–Crippen LogP) is 4.60. The lowest BCUT2D eigenvalue weighted by atomic mass is 9.87.